The van der Waals surface area contributed by atoms with E-state index in [2.05, 4.69) is 4.99 Å². The molecule has 2 aliphatic heterocycles. The van der Waals surface area contributed by atoms with E-state index in [0.29, 0.717) is 23.3 Å². The number of likely N-dealkylation sites (N-methyl/N-ethyl adjacent to an activating group) is 1. The van der Waals surface area contributed by atoms with Gasteiger partial charge in [0.25, 0.3) is 5.91 Å². The summed E-state index contributed by atoms with van der Waals surface area (Å²) in [7, 11) is 1.01. The number of benzene rings is 3. The largest absolute Gasteiger partial charge is 0.485 e. The van der Waals surface area contributed by atoms with E-state index in [9.17, 15) is 13.2 Å². The molecule has 1 amide bonds. The molecule has 8 nitrogen and oxygen atoms in total. The summed E-state index contributed by atoms with van der Waals surface area (Å²) < 4.78 is 32.8. The summed E-state index contributed by atoms with van der Waals surface area (Å²) in [4.78, 5) is 19.7. The van der Waals surface area contributed by atoms with Crippen molar-refractivity contribution < 1.29 is 17.9 Å². The molecule has 0 aliphatic carbocycles. The van der Waals surface area contributed by atoms with Crippen LogP contribution in [0.1, 0.15) is 23.7 Å². The number of hydrogen-bond acceptors (Lipinski definition) is 6. The molecule has 2 unspecified atom stereocenters. The molecule has 9 heteroatoms. The molecular formula is C26H26N4O4S. The minimum Gasteiger partial charge on any atom is -0.485 e. The van der Waals surface area contributed by atoms with Crippen molar-refractivity contribution in [2.75, 3.05) is 21.1 Å². The number of nitrogens with two attached hydrogens (primary N) is 1. The molecule has 1 spiro atoms. The van der Waals surface area contributed by atoms with Gasteiger partial charge >= 0.3 is 0 Å². The lowest BCUT2D eigenvalue weighted by molar-refractivity contribution is -0.132. The number of sulfonamides is 1. The SMILES string of the molecule is CN1C(=O)C2(CC(c3ccccc3)Oc3ccc(-c4cccc(S(=O)(=O)N(C)C)c4)cc32)N=C1N. The first-order chi connectivity index (χ1) is 16.6. The highest BCUT2D eigenvalue weighted by Gasteiger charge is 2.53. The number of carbonyl (C=O) groups is 1. The second kappa shape index (κ2) is 8.21. The Labute approximate surface area is 204 Å². The van der Waals surface area contributed by atoms with Gasteiger partial charge in [-0.05, 0) is 41.0 Å². The fourth-order valence-corrected chi connectivity index (χ4v) is 5.57. The fraction of sp³-hybridized carbons (Fsp3) is 0.231. The Morgan fingerprint density at radius 2 is 1.74 bits per heavy atom. The lowest BCUT2D eigenvalue weighted by Crippen LogP contribution is -2.43. The van der Waals surface area contributed by atoms with Crippen molar-refractivity contribution in [1.82, 2.24) is 9.21 Å². The minimum atomic E-state index is -3.60. The molecule has 0 saturated heterocycles. The normalized spacial score (nSPS) is 21.7. The average Bonchev–Trinajstić information content (AvgIpc) is 3.08. The number of carbonyl (C=O) groups excluding carboxylic acids is 1. The summed E-state index contributed by atoms with van der Waals surface area (Å²) in [5.74, 6) is 0.479. The Balaban J connectivity index is 1.65. The number of nitrogens with zero attached hydrogens (tertiary/aromatic N) is 3. The van der Waals surface area contributed by atoms with Crippen molar-refractivity contribution in [1.29, 1.82) is 0 Å². The molecule has 5 rings (SSSR count). The van der Waals surface area contributed by atoms with Crippen LogP contribution in [0, 0.1) is 0 Å². The predicted molar refractivity (Wildman–Crippen MR) is 133 cm³/mol. The number of fused-ring (bicyclic) bond motifs is 2. The molecular weight excluding hydrogens is 464 g/mol. The van der Waals surface area contributed by atoms with Gasteiger partial charge in [0.2, 0.25) is 10.0 Å². The Morgan fingerprint density at radius 1 is 1.03 bits per heavy atom. The molecule has 2 atom stereocenters. The second-order valence-corrected chi connectivity index (χ2v) is 11.1. The maximum atomic E-state index is 13.5. The number of guanidine groups is 1. The van der Waals surface area contributed by atoms with E-state index in [4.69, 9.17) is 10.5 Å². The van der Waals surface area contributed by atoms with Crippen molar-refractivity contribution in [3.63, 3.8) is 0 Å². The van der Waals surface area contributed by atoms with Gasteiger partial charge in [-0.2, -0.15) is 0 Å². The second-order valence-electron chi connectivity index (χ2n) is 8.94. The van der Waals surface area contributed by atoms with Gasteiger partial charge in [-0.1, -0.05) is 48.5 Å². The van der Waals surface area contributed by atoms with Crippen LogP contribution >= 0.6 is 0 Å². The van der Waals surface area contributed by atoms with Crippen LogP contribution < -0.4 is 10.5 Å². The standard InChI is InChI=1S/C26H26N4O4S/c1-29(2)35(32,33)20-11-7-10-18(14-20)19-12-13-22-21(15-19)26(24(31)30(3)25(27)28-26)16-23(34-22)17-8-5-4-6-9-17/h4-15,23H,16H2,1-3H3,(H2,27,28). The maximum Gasteiger partial charge on any atom is 0.261 e. The molecule has 0 bridgehead atoms. The van der Waals surface area contributed by atoms with Crippen LogP contribution in [-0.4, -0.2) is 50.6 Å². The molecule has 180 valence electrons. The fourth-order valence-electron chi connectivity index (χ4n) is 4.62. The zero-order chi connectivity index (χ0) is 25.0. The van der Waals surface area contributed by atoms with Gasteiger partial charge in [-0.3, -0.25) is 9.69 Å². The third kappa shape index (κ3) is 3.67. The summed E-state index contributed by atoms with van der Waals surface area (Å²) >= 11 is 0. The predicted octanol–water partition coefficient (Wildman–Crippen LogP) is 3.11. The summed E-state index contributed by atoms with van der Waals surface area (Å²) in [6.45, 7) is 0. The van der Waals surface area contributed by atoms with Crippen LogP contribution in [0.4, 0.5) is 0 Å². The van der Waals surface area contributed by atoms with E-state index in [1.165, 1.54) is 23.3 Å². The summed E-state index contributed by atoms with van der Waals surface area (Å²) in [6, 6.07) is 22.0. The van der Waals surface area contributed by atoms with Crippen molar-refractivity contribution in [3.05, 3.63) is 83.9 Å². The van der Waals surface area contributed by atoms with Crippen molar-refractivity contribution in [2.45, 2.75) is 23.0 Å². The highest BCUT2D eigenvalue weighted by Crippen LogP contribution is 2.50. The third-order valence-electron chi connectivity index (χ3n) is 6.60. The maximum absolute atomic E-state index is 13.5. The van der Waals surface area contributed by atoms with E-state index in [1.807, 2.05) is 54.6 Å². The number of aliphatic imine (C=N–C) groups is 1. The van der Waals surface area contributed by atoms with Gasteiger partial charge < -0.3 is 10.5 Å². The Bertz CT molecular complexity index is 1450. The molecule has 0 fully saturated rings. The van der Waals surface area contributed by atoms with Crippen LogP contribution in [0.2, 0.25) is 0 Å². The molecule has 2 aliphatic rings. The number of ether oxygens (including phenoxy) is 1. The first-order valence-corrected chi connectivity index (χ1v) is 12.6. The first-order valence-electron chi connectivity index (χ1n) is 11.2. The molecule has 0 saturated carbocycles. The van der Waals surface area contributed by atoms with Crippen LogP contribution in [0.25, 0.3) is 11.1 Å². The molecule has 2 heterocycles. The Hall–Kier alpha value is -3.69. The topological polar surface area (TPSA) is 105 Å². The summed E-state index contributed by atoms with van der Waals surface area (Å²) in [6.07, 6.45) is -0.0815. The molecule has 0 radical (unpaired) electrons. The molecule has 35 heavy (non-hydrogen) atoms. The monoisotopic (exact) mass is 490 g/mol. The lowest BCUT2D eigenvalue weighted by Gasteiger charge is -2.37. The van der Waals surface area contributed by atoms with Gasteiger partial charge in [-0.15, -0.1) is 0 Å². The van der Waals surface area contributed by atoms with Gasteiger partial charge in [-0.25, -0.2) is 17.7 Å². The quantitative estimate of drug-likeness (QED) is 0.605. The lowest BCUT2D eigenvalue weighted by atomic mass is 9.79. The zero-order valence-electron chi connectivity index (χ0n) is 19.7. The van der Waals surface area contributed by atoms with Crippen LogP contribution in [0.5, 0.6) is 5.75 Å². The van der Waals surface area contributed by atoms with E-state index in [1.54, 1.807) is 25.2 Å². The van der Waals surface area contributed by atoms with Crippen LogP contribution in [0.3, 0.4) is 0 Å². The zero-order valence-corrected chi connectivity index (χ0v) is 20.5. The van der Waals surface area contributed by atoms with Gasteiger partial charge in [0.15, 0.2) is 11.5 Å². The van der Waals surface area contributed by atoms with Crippen molar-refractivity contribution in [3.8, 4) is 16.9 Å². The Morgan fingerprint density at radius 3 is 2.40 bits per heavy atom. The van der Waals surface area contributed by atoms with Crippen LogP contribution in [-0.2, 0) is 20.4 Å². The van der Waals surface area contributed by atoms with E-state index < -0.39 is 15.6 Å². The molecule has 3 aromatic rings. The molecule has 2 N–H and O–H groups in total. The van der Waals surface area contributed by atoms with E-state index in [0.717, 1.165) is 11.1 Å². The van der Waals surface area contributed by atoms with Crippen LogP contribution in [0.15, 0.2) is 82.7 Å². The number of hydrogen-bond donors (Lipinski definition) is 1. The Kier molecular flexibility index (Phi) is 5.41. The van der Waals surface area contributed by atoms with Gasteiger partial charge in [0.05, 0.1) is 4.90 Å². The minimum absolute atomic E-state index is 0.152. The van der Waals surface area contributed by atoms with Gasteiger partial charge in [0.1, 0.15) is 11.9 Å². The highest BCUT2D eigenvalue weighted by molar-refractivity contribution is 7.89. The summed E-state index contributed by atoms with van der Waals surface area (Å²) in [5.41, 5.74) is 7.88. The molecule has 0 aromatic heterocycles. The molecule has 3 aromatic carbocycles. The average molecular weight is 491 g/mol. The van der Waals surface area contributed by atoms with Crippen molar-refractivity contribution in [2.24, 2.45) is 10.7 Å². The number of amides is 1. The smallest absolute Gasteiger partial charge is 0.261 e. The van der Waals surface area contributed by atoms with E-state index >= 15 is 0 Å². The van der Waals surface area contributed by atoms with Crippen molar-refractivity contribution >= 4 is 21.9 Å². The third-order valence-corrected chi connectivity index (χ3v) is 8.41. The van der Waals surface area contributed by atoms with Gasteiger partial charge in [0, 0.05) is 33.1 Å². The number of rotatable bonds is 4. The highest BCUT2D eigenvalue weighted by atomic mass is 32.2. The first kappa shape index (κ1) is 23.1. The summed E-state index contributed by atoms with van der Waals surface area (Å²) in [5, 5.41) is 0. The van der Waals surface area contributed by atoms with E-state index in [-0.39, 0.29) is 22.9 Å².